The lowest BCUT2D eigenvalue weighted by Gasteiger charge is -2.38. The van der Waals surface area contributed by atoms with Crippen LogP contribution < -0.4 is 14.4 Å². The smallest absolute Gasteiger partial charge is 0.264 e. The van der Waals surface area contributed by atoms with Crippen LogP contribution in [0, 0.1) is 18.6 Å². The zero-order valence-electron chi connectivity index (χ0n) is 19.6. The van der Waals surface area contributed by atoms with Crippen LogP contribution in [-0.2, 0) is 14.8 Å². The van der Waals surface area contributed by atoms with Crippen molar-refractivity contribution in [2.75, 3.05) is 10.8 Å². The van der Waals surface area contributed by atoms with Crippen molar-refractivity contribution >= 4 is 21.6 Å². The molecule has 3 aromatic rings. The van der Waals surface area contributed by atoms with Crippen LogP contribution in [-0.4, -0.2) is 26.5 Å². The Morgan fingerprint density at radius 1 is 1.03 bits per heavy atom. The van der Waals surface area contributed by atoms with Gasteiger partial charge >= 0.3 is 0 Å². The van der Waals surface area contributed by atoms with Gasteiger partial charge in [0, 0.05) is 12.0 Å². The van der Waals surface area contributed by atoms with E-state index in [1.54, 1.807) is 0 Å². The van der Waals surface area contributed by atoms with Crippen LogP contribution in [0.15, 0.2) is 71.6 Å². The summed E-state index contributed by atoms with van der Waals surface area (Å²) < 4.78 is 60.7. The highest BCUT2D eigenvalue weighted by molar-refractivity contribution is 7.92. The van der Waals surface area contributed by atoms with Gasteiger partial charge in [0.2, 0.25) is 5.91 Å². The highest BCUT2D eigenvalue weighted by atomic mass is 32.2. The van der Waals surface area contributed by atoms with Gasteiger partial charge in [-0.05, 0) is 75.4 Å². The monoisotopic (exact) mass is 500 g/mol. The molecule has 0 spiro atoms. The number of amides is 1. The molecule has 3 aromatic carbocycles. The van der Waals surface area contributed by atoms with Gasteiger partial charge in [-0.25, -0.2) is 17.2 Å². The number of fused-ring (bicyclic) bond motifs is 1. The van der Waals surface area contributed by atoms with E-state index in [0.717, 1.165) is 51.8 Å². The first-order chi connectivity index (χ1) is 16.4. The number of sulfonamides is 1. The zero-order chi connectivity index (χ0) is 25.4. The number of hydrogen-bond acceptors (Lipinski definition) is 4. The van der Waals surface area contributed by atoms with Gasteiger partial charge < -0.3 is 10.1 Å². The second kappa shape index (κ2) is 9.30. The van der Waals surface area contributed by atoms with Crippen molar-refractivity contribution in [3.8, 4) is 5.75 Å². The second-order valence-electron chi connectivity index (χ2n) is 9.17. The molecule has 35 heavy (non-hydrogen) atoms. The molecule has 4 rings (SSSR count). The van der Waals surface area contributed by atoms with Gasteiger partial charge in [0.1, 0.15) is 29.5 Å². The van der Waals surface area contributed by atoms with Crippen molar-refractivity contribution < 1.29 is 26.7 Å². The van der Waals surface area contributed by atoms with Gasteiger partial charge in [-0.3, -0.25) is 9.10 Å². The first-order valence-corrected chi connectivity index (χ1v) is 12.5. The van der Waals surface area contributed by atoms with Crippen molar-refractivity contribution in [1.29, 1.82) is 0 Å². The lowest BCUT2D eigenvalue weighted by molar-refractivity contribution is -0.120. The molecule has 1 amide bonds. The summed E-state index contributed by atoms with van der Waals surface area (Å²) >= 11 is 0. The first-order valence-electron chi connectivity index (χ1n) is 11.1. The molecule has 9 heteroatoms. The van der Waals surface area contributed by atoms with Gasteiger partial charge in [0.25, 0.3) is 10.0 Å². The summed E-state index contributed by atoms with van der Waals surface area (Å²) in [4.78, 5) is 13.0. The lowest BCUT2D eigenvalue weighted by atomic mass is 9.89. The van der Waals surface area contributed by atoms with Crippen LogP contribution in [0.3, 0.4) is 0 Å². The minimum atomic E-state index is -4.25. The standard InChI is InChI=1S/C26H26F2N2O4S/c1-17-4-13-24-22(14-17)23(15-26(2,3)34-24)29-25(31)16-30(20-9-5-18(27)6-10-20)35(32,33)21-11-7-19(28)8-12-21/h4-14,23H,15-16H2,1-3H3,(H,29,31). The average molecular weight is 501 g/mol. The molecule has 0 aromatic heterocycles. The van der Waals surface area contributed by atoms with E-state index >= 15 is 0 Å². The van der Waals surface area contributed by atoms with E-state index in [1.807, 2.05) is 39.0 Å². The van der Waals surface area contributed by atoms with Crippen LogP contribution in [0.4, 0.5) is 14.5 Å². The minimum Gasteiger partial charge on any atom is -0.487 e. The molecule has 1 heterocycles. The zero-order valence-corrected chi connectivity index (χ0v) is 20.4. The topological polar surface area (TPSA) is 75.7 Å². The van der Waals surface area contributed by atoms with Crippen LogP contribution in [0.5, 0.6) is 5.75 Å². The van der Waals surface area contributed by atoms with E-state index in [4.69, 9.17) is 4.74 Å². The Labute approximate surface area is 203 Å². The molecule has 1 unspecified atom stereocenters. The normalized spacial score (nSPS) is 16.7. The van der Waals surface area contributed by atoms with Crippen molar-refractivity contribution in [1.82, 2.24) is 5.32 Å². The van der Waals surface area contributed by atoms with Gasteiger partial charge in [0.05, 0.1) is 16.6 Å². The number of ether oxygens (including phenoxy) is 1. The van der Waals surface area contributed by atoms with Crippen molar-refractivity contribution in [3.63, 3.8) is 0 Å². The Balaban J connectivity index is 1.65. The van der Waals surface area contributed by atoms with E-state index in [0.29, 0.717) is 12.2 Å². The predicted molar refractivity (Wildman–Crippen MR) is 129 cm³/mol. The van der Waals surface area contributed by atoms with Gasteiger partial charge in [-0.15, -0.1) is 0 Å². The molecule has 6 nitrogen and oxygen atoms in total. The fourth-order valence-electron chi connectivity index (χ4n) is 4.13. The third kappa shape index (κ3) is 5.45. The molecule has 1 aliphatic rings. The molecule has 0 bridgehead atoms. The van der Waals surface area contributed by atoms with E-state index in [9.17, 15) is 22.0 Å². The van der Waals surface area contributed by atoms with E-state index in [1.165, 1.54) is 12.1 Å². The van der Waals surface area contributed by atoms with Crippen LogP contribution in [0.1, 0.15) is 37.4 Å². The van der Waals surface area contributed by atoms with Crippen molar-refractivity contribution in [2.45, 2.75) is 43.7 Å². The van der Waals surface area contributed by atoms with Gasteiger partial charge in [0.15, 0.2) is 0 Å². The second-order valence-corrected chi connectivity index (χ2v) is 11.0. The number of benzene rings is 3. The number of aryl methyl sites for hydroxylation is 1. The molecular formula is C26H26F2N2O4S. The number of nitrogens with zero attached hydrogens (tertiary/aromatic N) is 1. The van der Waals surface area contributed by atoms with Crippen LogP contribution >= 0.6 is 0 Å². The predicted octanol–water partition coefficient (Wildman–Crippen LogP) is 4.89. The van der Waals surface area contributed by atoms with Crippen LogP contribution in [0.25, 0.3) is 0 Å². The molecule has 1 atom stereocenters. The van der Waals surface area contributed by atoms with E-state index in [2.05, 4.69) is 5.32 Å². The summed E-state index contributed by atoms with van der Waals surface area (Å²) in [5, 5.41) is 2.94. The summed E-state index contributed by atoms with van der Waals surface area (Å²) in [5.41, 5.74) is 1.37. The first kappa shape index (κ1) is 24.7. The molecule has 0 fully saturated rings. The summed E-state index contributed by atoms with van der Waals surface area (Å²) in [6.07, 6.45) is 0.483. The average Bonchev–Trinajstić information content (AvgIpc) is 2.78. The van der Waals surface area contributed by atoms with Gasteiger partial charge in [-0.1, -0.05) is 17.7 Å². The molecule has 1 N–H and O–H groups in total. The summed E-state index contributed by atoms with van der Waals surface area (Å²) in [6.45, 7) is 5.21. The molecule has 1 aliphatic heterocycles. The quantitative estimate of drug-likeness (QED) is 0.523. The maximum absolute atomic E-state index is 13.5. The Bertz CT molecular complexity index is 1340. The summed E-state index contributed by atoms with van der Waals surface area (Å²) in [6, 6.07) is 14.4. The number of hydrogen-bond donors (Lipinski definition) is 1. The molecule has 0 aliphatic carbocycles. The fraction of sp³-hybridized carbons (Fsp3) is 0.269. The third-order valence-corrected chi connectivity index (χ3v) is 7.55. The van der Waals surface area contributed by atoms with Crippen LogP contribution in [0.2, 0.25) is 0 Å². The lowest BCUT2D eigenvalue weighted by Crippen LogP contribution is -2.45. The fourth-order valence-corrected chi connectivity index (χ4v) is 5.55. The van der Waals surface area contributed by atoms with E-state index in [-0.39, 0.29) is 10.6 Å². The summed E-state index contributed by atoms with van der Waals surface area (Å²) in [7, 11) is -4.25. The molecule has 0 radical (unpaired) electrons. The maximum atomic E-state index is 13.5. The Hall–Kier alpha value is -3.46. The minimum absolute atomic E-state index is 0.106. The number of rotatable bonds is 6. The Morgan fingerprint density at radius 3 is 2.26 bits per heavy atom. The largest absolute Gasteiger partial charge is 0.487 e. The highest BCUT2D eigenvalue weighted by Crippen LogP contribution is 2.40. The number of nitrogens with one attached hydrogen (secondary N) is 1. The maximum Gasteiger partial charge on any atom is 0.264 e. The van der Waals surface area contributed by atoms with E-state index < -0.39 is 45.8 Å². The summed E-state index contributed by atoms with van der Waals surface area (Å²) in [5.74, 6) is -1.03. The van der Waals surface area contributed by atoms with Gasteiger partial charge in [-0.2, -0.15) is 0 Å². The van der Waals surface area contributed by atoms with Crippen molar-refractivity contribution in [3.05, 3.63) is 89.5 Å². The molecule has 184 valence electrons. The third-order valence-electron chi connectivity index (χ3n) is 5.76. The number of carbonyl (C=O) groups excluding carboxylic acids is 1. The molecular weight excluding hydrogens is 474 g/mol. The molecule has 0 saturated carbocycles. The van der Waals surface area contributed by atoms with Crippen molar-refractivity contribution in [2.24, 2.45) is 0 Å². The number of halogens is 2. The molecule has 0 saturated heterocycles. The number of carbonyl (C=O) groups is 1. The SMILES string of the molecule is Cc1ccc2c(c1)C(NC(=O)CN(c1ccc(F)cc1)S(=O)(=O)c1ccc(F)cc1)CC(C)(C)O2. The highest BCUT2D eigenvalue weighted by Gasteiger charge is 2.35. The Kier molecular flexibility index (Phi) is 6.55. The number of anilines is 1. The Morgan fingerprint density at radius 2 is 1.63 bits per heavy atom.